The molecule has 4 rings (SSSR count). The smallest absolute Gasteiger partial charge is 0.296 e. The van der Waals surface area contributed by atoms with Crippen molar-refractivity contribution in [2.45, 2.75) is 55.4 Å². The Morgan fingerprint density at radius 2 is 1.70 bits per heavy atom. The van der Waals surface area contributed by atoms with Crippen LogP contribution in [0.4, 0.5) is 4.39 Å². The zero-order chi connectivity index (χ0) is 26.6. The minimum Gasteiger partial charge on any atom is -0.493 e. The number of sulfone groups is 1. The summed E-state index contributed by atoms with van der Waals surface area (Å²) in [5.41, 5.74) is 0.890. The highest BCUT2D eigenvalue weighted by Gasteiger charge is 2.31. The standard InChI is InChI=1S/C28H28FN3O4S/c1-3-5-11-25-31-27(33)26(28(34)32(25)24(4-2)20-9-7-6-8-10-20)37(35,36)23-14-12-19(13-15-23)21-16-22(29)18-30-17-21/h6-10,12-18,24,34H,3-5,11H2,1-2H3/t24-/m0/s1. The Labute approximate surface area is 215 Å². The van der Waals surface area contributed by atoms with Crippen LogP contribution in [0, 0.1) is 5.82 Å². The van der Waals surface area contributed by atoms with Crippen molar-refractivity contribution in [2.24, 2.45) is 0 Å². The van der Waals surface area contributed by atoms with Crippen molar-refractivity contribution in [3.8, 4) is 17.0 Å². The largest absolute Gasteiger partial charge is 0.493 e. The first-order chi connectivity index (χ1) is 17.8. The Hall–Kier alpha value is -3.85. The summed E-state index contributed by atoms with van der Waals surface area (Å²) in [6, 6.07) is 15.9. The molecule has 1 atom stereocenters. The molecule has 0 aliphatic heterocycles. The molecule has 0 aliphatic rings. The van der Waals surface area contributed by atoms with E-state index in [0.29, 0.717) is 29.8 Å². The molecule has 37 heavy (non-hydrogen) atoms. The number of aryl methyl sites for hydroxylation is 1. The number of pyridine rings is 1. The zero-order valence-corrected chi connectivity index (χ0v) is 21.5. The van der Waals surface area contributed by atoms with Crippen LogP contribution in [0.1, 0.15) is 50.5 Å². The first-order valence-electron chi connectivity index (χ1n) is 12.1. The molecule has 0 amide bonds. The van der Waals surface area contributed by atoms with Crippen molar-refractivity contribution >= 4 is 9.84 Å². The number of hydrogen-bond acceptors (Lipinski definition) is 6. The van der Waals surface area contributed by atoms with E-state index in [1.54, 1.807) is 0 Å². The van der Waals surface area contributed by atoms with Gasteiger partial charge in [0.05, 0.1) is 17.1 Å². The highest BCUT2D eigenvalue weighted by molar-refractivity contribution is 7.91. The minimum absolute atomic E-state index is 0.185. The Morgan fingerprint density at radius 1 is 1.00 bits per heavy atom. The third kappa shape index (κ3) is 5.32. The van der Waals surface area contributed by atoms with Crippen molar-refractivity contribution in [1.82, 2.24) is 14.5 Å². The first-order valence-corrected chi connectivity index (χ1v) is 13.6. The fraction of sp³-hybridized carbons (Fsp3) is 0.250. The van der Waals surface area contributed by atoms with Crippen LogP contribution in [0.25, 0.3) is 11.1 Å². The Kier molecular flexibility index (Phi) is 7.83. The summed E-state index contributed by atoms with van der Waals surface area (Å²) in [7, 11) is -4.43. The van der Waals surface area contributed by atoms with Crippen LogP contribution in [-0.2, 0) is 16.3 Å². The monoisotopic (exact) mass is 521 g/mol. The van der Waals surface area contributed by atoms with E-state index >= 15 is 0 Å². The van der Waals surface area contributed by atoms with Gasteiger partial charge in [-0.3, -0.25) is 14.3 Å². The molecule has 7 nitrogen and oxygen atoms in total. The summed E-state index contributed by atoms with van der Waals surface area (Å²) in [5, 5.41) is 11.4. The molecule has 0 saturated carbocycles. The predicted octanol–water partition coefficient (Wildman–Crippen LogP) is 5.32. The van der Waals surface area contributed by atoms with Crippen LogP contribution in [0.2, 0.25) is 0 Å². The maximum atomic E-state index is 13.6. The lowest BCUT2D eigenvalue weighted by molar-refractivity contribution is 0.358. The average Bonchev–Trinajstić information content (AvgIpc) is 2.89. The lowest BCUT2D eigenvalue weighted by atomic mass is 10.0. The molecule has 9 heteroatoms. The van der Waals surface area contributed by atoms with Gasteiger partial charge in [0.25, 0.3) is 5.56 Å². The second-order valence-electron chi connectivity index (χ2n) is 8.71. The normalized spacial score (nSPS) is 12.4. The van der Waals surface area contributed by atoms with E-state index in [9.17, 15) is 22.7 Å². The van der Waals surface area contributed by atoms with Crippen molar-refractivity contribution in [3.63, 3.8) is 0 Å². The van der Waals surface area contributed by atoms with Gasteiger partial charge in [-0.1, -0.05) is 62.7 Å². The SMILES string of the molecule is CCCCc1nc(=O)c(S(=O)(=O)c2ccc(-c3cncc(F)c3)cc2)c(O)n1[C@@H](CC)c1ccccc1. The van der Waals surface area contributed by atoms with E-state index in [0.717, 1.165) is 24.6 Å². The maximum Gasteiger partial charge on any atom is 0.296 e. The van der Waals surface area contributed by atoms with Crippen molar-refractivity contribution in [1.29, 1.82) is 0 Å². The first kappa shape index (κ1) is 26.2. The number of unbranched alkanes of at least 4 members (excludes halogenated alkanes) is 1. The van der Waals surface area contributed by atoms with Crippen LogP contribution in [-0.4, -0.2) is 28.1 Å². The lowest BCUT2D eigenvalue weighted by Crippen LogP contribution is -2.27. The highest BCUT2D eigenvalue weighted by atomic mass is 32.2. The number of aromatic hydroxyl groups is 1. The summed E-state index contributed by atoms with van der Waals surface area (Å²) >= 11 is 0. The van der Waals surface area contributed by atoms with E-state index < -0.39 is 38.0 Å². The highest BCUT2D eigenvalue weighted by Crippen LogP contribution is 2.33. The van der Waals surface area contributed by atoms with Crippen molar-refractivity contribution < 1.29 is 17.9 Å². The van der Waals surface area contributed by atoms with E-state index in [-0.39, 0.29) is 4.90 Å². The number of benzene rings is 2. The van der Waals surface area contributed by atoms with Crippen molar-refractivity contribution in [3.05, 3.63) is 101 Å². The second-order valence-corrected chi connectivity index (χ2v) is 10.6. The molecule has 1 N–H and O–H groups in total. The van der Waals surface area contributed by atoms with Gasteiger partial charge in [0, 0.05) is 18.2 Å². The van der Waals surface area contributed by atoms with Crippen molar-refractivity contribution in [2.75, 3.05) is 0 Å². The summed E-state index contributed by atoms with van der Waals surface area (Å²) in [5.74, 6) is -0.800. The molecule has 0 bridgehead atoms. The Balaban J connectivity index is 1.85. The summed E-state index contributed by atoms with van der Waals surface area (Å²) < 4.78 is 42.3. The molecule has 2 aromatic heterocycles. The zero-order valence-electron chi connectivity index (χ0n) is 20.6. The van der Waals surface area contributed by atoms with Crippen LogP contribution in [0.5, 0.6) is 5.88 Å². The Morgan fingerprint density at radius 3 is 2.32 bits per heavy atom. The van der Waals surface area contributed by atoms with Crippen LogP contribution >= 0.6 is 0 Å². The second kappa shape index (κ2) is 11.0. The van der Waals surface area contributed by atoms with Crippen LogP contribution < -0.4 is 5.56 Å². The molecule has 2 heterocycles. The fourth-order valence-electron chi connectivity index (χ4n) is 4.38. The van der Waals surface area contributed by atoms with Gasteiger partial charge in [-0.25, -0.2) is 12.8 Å². The van der Waals surface area contributed by atoms with Crippen LogP contribution in [0.15, 0.2) is 87.6 Å². The molecule has 0 unspecified atom stereocenters. The van der Waals surface area contributed by atoms with E-state index in [2.05, 4.69) is 9.97 Å². The van der Waals surface area contributed by atoms with Gasteiger partial charge in [0.15, 0.2) is 4.90 Å². The Bertz CT molecular complexity index is 1550. The van der Waals surface area contributed by atoms with Gasteiger partial charge in [0.1, 0.15) is 11.6 Å². The molecule has 4 aromatic rings. The predicted molar refractivity (Wildman–Crippen MR) is 139 cm³/mol. The molecule has 2 aromatic carbocycles. The summed E-state index contributed by atoms with van der Waals surface area (Å²) in [6.07, 6.45) is 5.05. The topological polar surface area (TPSA) is 102 Å². The fourth-order valence-corrected chi connectivity index (χ4v) is 5.72. The van der Waals surface area contributed by atoms with Gasteiger partial charge in [-0.15, -0.1) is 0 Å². The average molecular weight is 522 g/mol. The van der Waals surface area contributed by atoms with E-state index in [1.807, 2.05) is 44.2 Å². The molecular formula is C28H28FN3O4S. The maximum absolute atomic E-state index is 13.6. The van der Waals surface area contributed by atoms with Gasteiger partial charge < -0.3 is 5.11 Å². The molecule has 0 fully saturated rings. The van der Waals surface area contributed by atoms with Gasteiger partial charge in [0.2, 0.25) is 15.7 Å². The summed E-state index contributed by atoms with van der Waals surface area (Å²) in [4.78, 5) is 20.1. The number of aromatic nitrogens is 3. The quantitative estimate of drug-likeness (QED) is 0.320. The molecule has 0 radical (unpaired) electrons. The minimum atomic E-state index is -4.43. The third-order valence-corrected chi connectivity index (χ3v) is 8.03. The van der Waals surface area contributed by atoms with Gasteiger partial charge in [-0.2, -0.15) is 4.98 Å². The van der Waals surface area contributed by atoms with Gasteiger partial charge in [-0.05, 0) is 42.2 Å². The van der Waals surface area contributed by atoms with Gasteiger partial charge >= 0.3 is 0 Å². The third-order valence-electron chi connectivity index (χ3n) is 6.24. The van der Waals surface area contributed by atoms with E-state index in [4.69, 9.17) is 0 Å². The van der Waals surface area contributed by atoms with E-state index in [1.165, 1.54) is 41.1 Å². The number of hydrogen-bond donors (Lipinski definition) is 1. The molecule has 0 saturated heterocycles. The summed E-state index contributed by atoms with van der Waals surface area (Å²) in [6.45, 7) is 3.92. The molecular weight excluding hydrogens is 493 g/mol. The number of rotatable bonds is 9. The molecule has 0 spiro atoms. The number of halogens is 1. The molecule has 0 aliphatic carbocycles. The lowest BCUT2D eigenvalue weighted by Gasteiger charge is -2.25. The number of nitrogens with zero attached hydrogens (tertiary/aromatic N) is 3. The van der Waals surface area contributed by atoms with Crippen LogP contribution in [0.3, 0.4) is 0 Å². The molecule has 192 valence electrons.